The summed E-state index contributed by atoms with van der Waals surface area (Å²) >= 11 is 1.22. The molecule has 7 heteroatoms. The van der Waals surface area contributed by atoms with Crippen LogP contribution in [-0.2, 0) is 4.79 Å². The van der Waals surface area contributed by atoms with E-state index in [4.69, 9.17) is 6.42 Å². The predicted molar refractivity (Wildman–Crippen MR) is 87.6 cm³/mol. The molecule has 2 heterocycles. The largest absolute Gasteiger partial charge is 0.508 e. The van der Waals surface area contributed by atoms with E-state index in [2.05, 4.69) is 21.2 Å². The lowest BCUT2D eigenvalue weighted by Gasteiger charge is -2.24. The molecule has 23 heavy (non-hydrogen) atoms. The molecule has 0 saturated carbocycles. The number of anilines is 1. The first-order chi connectivity index (χ1) is 11.1. The molecule has 1 aliphatic heterocycles. The van der Waals surface area contributed by atoms with Gasteiger partial charge in [-0.15, -0.1) is 6.42 Å². The van der Waals surface area contributed by atoms with Gasteiger partial charge in [0.15, 0.2) is 5.16 Å². The molecule has 1 aliphatic rings. The van der Waals surface area contributed by atoms with Gasteiger partial charge in [-0.3, -0.25) is 9.59 Å². The summed E-state index contributed by atoms with van der Waals surface area (Å²) in [4.78, 5) is 31.4. The number of H-pyrrole nitrogens is 1. The second-order valence-electron chi connectivity index (χ2n) is 5.02. The fraction of sp³-hybridized carbons (Fsp3) is 0.188. The van der Waals surface area contributed by atoms with Gasteiger partial charge in [0.2, 0.25) is 5.91 Å². The number of hydrogen-bond acceptors (Lipinski definition) is 5. The highest BCUT2D eigenvalue weighted by Gasteiger charge is 2.30. The molecule has 3 N–H and O–H groups in total. The van der Waals surface area contributed by atoms with Crippen LogP contribution in [0.2, 0.25) is 0 Å². The molecule has 0 spiro atoms. The van der Waals surface area contributed by atoms with Crippen molar-refractivity contribution in [3.8, 4) is 18.1 Å². The number of phenols is 1. The summed E-state index contributed by atoms with van der Waals surface area (Å²) in [5, 5.41) is 12.4. The number of rotatable bonds is 3. The Morgan fingerprint density at radius 2 is 2.09 bits per heavy atom. The Morgan fingerprint density at radius 3 is 2.78 bits per heavy atom. The van der Waals surface area contributed by atoms with Crippen molar-refractivity contribution in [2.45, 2.75) is 17.5 Å². The highest BCUT2D eigenvalue weighted by atomic mass is 32.2. The Morgan fingerprint density at radius 1 is 1.35 bits per heavy atom. The van der Waals surface area contributed by atoms with Gasteiger partial charge in [-0.2, -0.15) is 0 Å². The van der Waals surface area contributed by atoms with Crippen LogP contribution in [0.1, 0.15) is 23.5 Å². The summed E-state index contributed by atoms with van der Waals surface area (Å²) < 4.78 is 0. The number of amides is 1. The molecular formula is C16H13N3O3S. The summed E-state index contributed by atoms with van der Waals surface area (Å²) in [5.74, 6) is 2.61. The Hall–Kier alpha value is -2.72. The molecular weight excluding hydrogens is 314 g/mol. The van der Waals surface area contributed by atoms with E-state index in [1.54, 1.807) is 12.1 Å². The molecule has 3 rings (SSSR count). The number of nitrogens with one attached hydrogen (secondary N) is 2. The van der Waals surface area contributed by atoms with Crippen molar-refractivity contribution in [1.29, 1.82) is 0 Å². The standard InChI is InChI=1S/C16H13N3O3S/c1-2-7-23-16-18-14-13(15(22)19-16)11(8-12(21)17-14)9-3-5-10(20)6-4-9/h1,3-6,11,20H,7-8H2,(H2,17,18,19,21,22)/t11-/m1/s1. The minimum atomic E-state index is -0.401. The lowest BCUT2D eigenvalue weighted by molar-refractivity contribution is -0.116. The van der Waals surface area contributed by atoms with E-state index in [0.717, 1.165) is 5.56 Å². The number of nitrogens with zero attached hydrogens (tertiary/aromatic N) is 1. The average molecular weight is 327 g/mol. The number of carbonyl (C=O) groups excluding carboxylic acids is 1. The molecule has 0 aliphatic carbocycles. The molecule has 1 amide bonds. The summed E-state index contributed by atoms with van der Waals surface area (Å²) in [6.45, 7) is 0. The summed E-state index contributed by atoms with van der Waals surface area (Å²) in [6.07, 6.45) is 5.36. The first-order valence-electron chi connectivity index (χ1n) is 6.87. The third-order valence-electron chi connectivity index (χ3n) is 3.52. The van der Waals surface area contributed by atoms with Crippen LogP contribution in [-0.4, -0.2) is 26.7 Å². The van der Waals surface area contributed by atoms with E-state index in [1.165, 1.54) is 23.9 Å². The maximum atomic E-state index is 12.4. The normalized spacial score (nSPS) is 16.3. The quantitative estimate of drug-likeness (QED) is 0.453. The van der Waals surface area contributed by atoms with Crippen LogP contribution in [0, 0.1) is 12.3 Å². The minimum Gasteiger partial charge on any atom is -0.508 e. The fourth-order valence-corrected chi connectivity index (χ4v) is 3.06. The van der Waals surface area contributed by atoms with Crippen molar-refractivity contribution in [3.63, 3.8) is 0 Å². The number of carbonyl (C=O) groups is 1. The molecule has 0 saturated heterocycles. The molecule has 1 aromatic heterocycles. The molecule has 116 valence electrons. The van der Waals surface area contributed by atoms with Crippen LogP contribution in [0.5, 0.6) is 5.75 Å². The predicted octanol–water partition coefficient (Wildman–Crippen LogP) is 1.67. The molecule has 1 aromatic carbocycles. The molecule has 0 fully saturated rings. The highest BCUT2D eigenvalue weighted by Crippen LogP contribution is 2.34. The van der Waals surface area contributed by atoms with Gasteiger partial charge < -0.3 is 15.4 Å². The van der Waals surface area contributed by atoms with Gasteiger partial charge in [0.25, 0.3) is 5.56 Å². The second-order valence-corrected chi connectivity index (χ2v) is 5.99. The first kappa shape index (κ1) is 15.2. The van der Waals surface area contributed by atoms with E-state index in [0.29, 0.717) is 16.5 Å². The number of hydrogen-bond donors (Lipinski definition) is 3. The molecule has 0 bridgehead atoms. The molecule has 2 aromatic rings. The van der Waals surface area contributed by atoms with Crippen LogP contribution < -0.4 is 10.9 Å². The zero-order valence-electron chi connectivity index (χ0n) is 12.0. The lowest BCUT2D eigenvalue weighted by Crippen LogP contribution is -2.31. The third kappa shape index (κ3) is 3.07. The zero-order chi connectivity index (χ0) is 16.4. The van der Waals surface area contributed by atoms with Crippen molar-refractivity contribution in [1.82, 2.24) is 9.97 Å². The minimum absolute atomic E-state index is 0.127. The van der Waals surface area contributed by atoms with Crippen molar-refractivity contribution in [2.24, 2.45) is 0 Å². The van der Waals surface area contributed by atoms with Crippen molar-refractivity contribution < 1.29 is 9.90 Å². The summed E-state index contributed by atoms with van der Waals surface area (Å²) in [6, 6.07) is 6.45. The maximum absolute atomic E-state index is 12.4. The molecule has 0 unspecified atom stereocenters. The second kappa shape index (κ2) is 6.18. The van der Waals surface area contributed by atoms with Crippen LogP contribution in [0.25, 0.3) is 0 Å². The van der Waals surface area contributed by atoms with Crippen molar-refractivity contribution in [2.75, 3.05) is 11.1 Å². The van der Waals surface area contributed by atoms with Gasteiger partial charge in [-0.25, -0.2) is 4.98 Å². The Balaban J connectivity index is 2.07. The maximum Gasteiger partial charge on any atom is 0.257 e. The molecule has 1 atom stereocenters. The van der Waals surface area contributed by atoms with Gasteiger partial charge in [0.1, 0.15) is 11.6 Å². The van der Waals surface area contributed by atoms with E-state index < -0.39 is 5.92 Å². The van der Waals surface area contributed by atoms with E-state index in [-0.39, 0.29) is 29.5 Å². The van der Waals surface area contributed by atoms with Crippen molar-refractivity contribution >= 4 is 23.5 Å². The van der Waals surface area contributed by atoms with Crippen LogP contribution >= 0.6 is 11.8 Å². The SMILES string of the molecule is C#CCSc1nc2c(c(=O)[nH]1)[C@@H](c1ccc(O)cc1)CC(=O)N2. The smallest absolute Gasteiger partial charge is 0.257 e. The van der Waals surface area contributed by atoms with Gasteiger partial charge in [-0.1, -0.05) is 29.8 Å². The zero-order valence-corrected chi connectivity index (χ0v) is 12.8. The van der Waals surface area contributed by atoms with Crippen LogP contribution in [0.4, 0.5) is 5.82 Å². The number of terminal acetylenes is 1. The van der Waals surface area contributed by atoms with Gasteiger partial charge >= 0.3 is 0 Å². The number of phenolic OH excluding ortho intramolecular Hbond substituents is 1. The number of aromatic nitrogens is 2. The molecule has 0 radical (unpaired) electrons. The van der Waals surface area contributed by atoms with Gasteiger partial charge in [0.05, 0.1) is 11.3 Å². The number of aromatic amines is 1. The Bertz CT molecular complexity index is 852. The topological polar surface area (TPSA) is 95.1 Å². The Kier molecular flexibility index (Phi) is 4.08. The van der Waals surface area contributed by atoms with E-state index in [9.17, 15) is 14.7 Å². The number of benzene rings is 1. The first-order valence-corrected chi connectivity index (χ1v) is 7.86. The number of aromatic hydroxyl groups is 1. The summed E-state index contributed by atoms with van der Waals surface area (Å²) in [7, 11) is 0. The van der Waals surface area contributed by atoms with E-state index in [1.807, 2.05) is 0 Å². The Labute approximate surface area is 136 Å². The van der Waals surface area contributed by atoms with Crippen LogP contribution in [0.3, 0.4) is 0 Å². The number of fused-ring (bicyclic) bond motifs is 1. The summed E-state index contributed by atoms with van der Waals surface area (Å²) in [5.41, 5.74) is 0.892. The fourth-order valence-electron chi connectivity index (χ4n) is 2.52. The van der Waals surface area contributed by atoms with Crippen LogP contribution in [0.15, 0.2) is 34.2 Å². The average Bonchev–Trinajstić information content (AvgIpc) is 2.52. The van der Waals surface area contributed by atoms with E-state index >= 15 is 0 Å². The number of thioether (sulfide) groups is 1. The van der Waals surface area contributed by atoms with Crippen molar-refractivity contribution in [3.05, 3.63) is 45.7 Å². The molecule has 6 nitrogen and oxygen atoms in total. The highest BCUT2D eigenvalue weighted by molar-refractivity contribution is 7.99. The van der Waals surface area contributed by atoms with Gasteiger partial charge in [-0.05, 0) is 17.7 Å². The third-order valence-corrected chi connectivity index (χ3v) is 4.29. The monoisotopic (exact) mass is 327 g/mol. The van der Waals surface area contributed by atoms with Gasteiger partial charge in [0, 0.05) is 12.3 Å². The lowest BCUT2D eigenvalue weighted by atomic mass is 9.87.